The minimum Gasteiger partial charge on any atom is -0.348 e. The number of nitrogens with one attached hydrogen (secondary N) is 1. The molecule has 112 valence electrons. The molecule has 1 aromatic rings. The molecule has 0 aliphatic rings. The number of hydrogen-bond donors (Lipinski definition) is 1. The van der Waals surface area contributed by atoms with Crippen LogP contribution in [0.25, 0.3) is 0 Å². The van der Waals surface area contributed by atoms with Gasteiger partial charge in [-0.2, -0.15) is 0 Å². The summed E-state index contributed by atoms with van der Waals surface area (Å²) in [4.78, 5) is 20.6. The lowest BCUT2D eigenvalue weighted by atomic mass is 10.0. The van der Waals surface area contributed by atoms with Gasteiger partial charge in [-0.15, -0.1) is 0 Å². The second-order valence-electron chi connectivity index (χ2n) is 5.70. The normalized spacial score (nSPS) is 14.2. The Bertz CT molecular complexity index is 462. The molecule has 1 aromatic heterocycles. The highest BCUT2D eigenvalue weighted by Gasteiger charge is 2.18. The van der Waals surface area contributed by atoms with Gasteiger partial charge in [0.1, 0.15) is 11.5 Å². The van der Waals surface area contributed by atoms with Crippen LogP contribution in [0.5, 0.6) is 0 Å². The topological polar surface area (TPSA) is 54.9 Å². The van der Waals surface area contributed by atoms with Crippen molar-refractivity contribution in [3.63, 3.8) is 0 Å². The summed E-state index contributed by atoms with van der Waals surface area (Å²) in [6.45, 7) is 10.3. The van der Waals surface area contributed by atoms with E-state index in [0.29, 0.717) is 16.8 Å². The van der Waals surface area contributed by atoms with E-state index in [1.54, 1.807) is 0 Å². The van der Waals surface area contributed by atoms with Gasteiger partial charge in [0.15, 0.2) is 0 Å². The molecule has 1 N–H and O–H groups in total. The Balaban J connectivity index is 2.79. The minimum absolute atomic E-state index is 0.103. The number of carbonyl (C=O) groups is 1. The van der Waals surface area contributed by atoms with Crippen LogP contribution >= 0.6 is 11.6 Å². The Morgan fingerprint density at radius 2 is 2.00 bits per heavy atom. The van der Waals surface area contributed by atoms with E-state index in [0.717, 1.165) is 12.8 Å². The van der Waals surface area contributed by atoms with Crippen LogP contribution in [0.1, 0.15) is 69.7 Å². The van der Waals surface area contributed by atoms with Crippen molar-refractivity contribution in [3.05, 3.63) is 22.7 Å². The third-order valence-corrected chi connectivity index (χ3v) is 3.60. The molecular weight excluding hydrogens is 274 g/mol. The number of amides is 1. The third kappa shape index (κ3) is 4.75. The van der Waals surface area contributed by atoms with Crippen molar-refractivity contribution in [2.75, 3.05) is 0 Å². The maximum absolute atomic E-state index is 12.2. The van der Waals surface area contributed by atoms with E-state index in [4.69, 9.17) is 11.6 Å². The lowest BCUT2D eigenvalue weighted by Gasteiger charge is -2.17. The molecule has 0 aliphatic carbocycles. The monoisotopic (exact) mass is 297 g/mol. The standard InChI is InChI=1S/C15H24ClN3O/c1-6-10(4)7-11(5)18-15(20)13-12(16)8-17-14(19-13)9(2)3/h8-11H,6-7H2,1-5H3,(H,18,20). The van der Waals surface area contributed by atoms with Crippen LogP contribution in [-0.4, -0.2) is 21.9 Å². The summed E-state index contributed by atoms with van der Waals surface area (Å²) in [7, 11) is 0. The molecule has 0 radical (unpaired) electrons. The molecule has 0 spiro atoms. The van der Waals surface area contributed by atoms with Gasteiger partial charge >= 0.3 is 0 Å². The predicted octanol–water partition coefficient (Wildman–Crippen LogP) is 3.81. The Morgan fingerprint density at radius 1 is 1.35 bits per heavy atom. The zero-order valence-electron chi connectivity index (χ0n) is 12.9. The number of rotatable bonds is 6. The molecule has 1 amide bonds. The van der Waals surface area contributed by atoms with Crippen molar-refractivity contribution in [3.8, 4) is 0 Å². The smallest absolute Gasteiger partial charge is 0.271 e. The molecule has 20 heavy (non-hydrogen) atoms. The molecule has 0 aliphatic heterocycles. The molecule has 2 unspecified atom stereocenters. The maximum Gasteiger partial charge on any atom is 0.271 e. The summed E-state index contributed by atoms with van der Waals surface area (Å²) in [6.07, 6.45) is 3.55. The first-order valence-electron chi connectivity index (χ1n) is 7.18. The maximum atomic E-state index is 12.2. The van der Waals surface area contributed by atoms with E-state index < -0.39 is 0 Å². The van der Waals surface area contributed by atoms with E-state index in [2.05, 4.69) is 29.1 Å². The lowest BCUT2D eigenvalue weighted by Crippen LogP contribution is -2.34. The lowest BCUT2D eigenvalue weighted by molar-refractivity contribution is 0.0930. The van der Waals surface area contributed by atoms with E-state index >= 15 is 0 Å². The van der Waals surface area contributed by atoms with Crippen molar-refractivity contribution in [1.29, 1.82) is 0 Å². The van der Waals surface area contributed by atoms with Gasteiger partial charge in [-0.3, -0.25) is 4.79 Å². The first-order chi connectivity index (χ1) is 9.35. The SMILES string of the molecule is CCC(C)CC(C)NC(=O)c1nc(C(C)C)ncc1Cl. The van der Waals surface area contributed by atoms with Crippen molar-refractivity contribution < 1.29 is 4.79 Å². The van der Waals surface area contributed by atoms with Crippen LogP contribution in [0.15, 0.2) is 6.20 Å². The molecule has 5 heteroatoms. The van der Waals surface area contributed by atoms with E-state index in [1.165, 1.54) is 6.20 Å². The van der Waals surface area contributed by atoms with Crippen molar-refractivity contribution in [2.24, 2.45) is 5.92 Å². The highest BCUT2D eigenvalue weighted by Crippen LogP contribution is 2.17. The molecule has 4 nitrogen and oxygen atoms in total. The summed E-state index contributed by atoms with van der Waals surface area (Å²) in [5, 5.41) is 3.25. The minimum atomic E-state index is -0.227. The Hall–Kier alpha value is -1.16. The van der Waals surface area contributed by atoms with Gasteiger partial charge in [0.25, 0.3) is 5.91 Å². The van der Waals surface area contributed by atoms with E-state index in [1.807, 2.05) is 20.8 Å². The van der Waals surface area contributed by atoms with Crippen LogP contribution in [0.4, 0.5) is 0 Å². The zero-order valence-corrected chi connectivity index (χ0v) is 13.7. The van der Waals surface area contributed by atoms with Gasteiger partial charge in [-0.25, -0.2) is 9.97 Å². The van der Waals surface area contributed by atoms with Gasteiger partial charge in [0, 0.05) is 12.0 Å². The third-order valence-electron chi connectivity index (χ3n) is 3.32. The van der Waals surface area contributed by atoms with Crippen molar-refractivity contribution in [2.45, 2.75) is 59.4 Å². The molecule has 0 aromatic carbocycles. The van der Waals surface area contributed by atoms with Crippen molar-refractivity contribution >= 4 is 17.5 Å². The highest BCUT2D eigenvalue weighted by molar-refractivity contribution is 6.33. The average molecular weight is 298 g/mol. The van der Waals surface area contributed by atoms with Gasteiger partial charge in [-0.05, 0) is 19.3 Å². The summed E-state index contributed by atoms with van der Waals surface area (Å²) in [6, 6.07) is 0.103. The second kappa shape index (κ2) is 7.58. The quantitative estimate of drug-likeness (QED) is 0.868. The van der Waals surface area contributed by atoms with Gasteiger partial charge in [0.2, 0.25) is 0 Å². The van der Waals surface area contributed by atoms with Crippen LogP contribution in [0.3, 0.4) is 0 Å². The number of aromatic nitrogens is 2. The highest BCUT2D eigenvalue weighted by atomic mass is 35.5. The fraction of sp³-hybridized carbons (Fsp3) is 0.667. The largest absolute Gasteiger partial charge is 0.348 e. The number of nitrogens with zero attached hydrogens (tertiary/aromatic N) is 2. The number of carbonyl (C=O) groups excluding carboxylic acids is 1. The van der Waals surface area contributed by atoms with Gasteiger partial charge in [-0.1, -0.05) is 45.7 Å². The molecule has 1 heterocycles. The first kappa shape index (κ1) is 16.9. The molecular formula is C15H24ClN3O. The molecule has 2 atom stereocenters. The van der Waals surface area contributed by atoms with Crippen molar-refractivity contribution in [1.82, 2.24) is 15.3 Å². The summed E-state index contributed by atoms with van der Waals surface area (Å²) >= 11 is 6.03. The summed E-state index contributed by atoms with van der Waals surface area (Å²) < 4.78 is 0. The summed E-state index contributed by atoms with van der Waals surface area (Å²) in [5.74, 6) is 1.15. The number of hydrogen-bond acceptors (Lipinski definition) is 3. The second-order valence-corrected chi connectivity index (χ2v) is 6.11. The van der Waals surface area contributed by atoms with Gasteiger partial charge < -0.3 is 5.32 Å². The zero-order chi connectivity index (χ0) is 15.3. The average Bonchev–Trinajstić information content (AvgIpc) is 2.38. The van der Waals surface area contributed by atoms with E-state index in [-0.39, 0.29) is 23.6 Å². The molecule has 0 bridgehead atoms. The van der Waals surface area contributed by atoms with Crippen LogP contribution in [0.2, 0.25) is 5.02 Å². The Morgan fingerprint density at radius 3 is 2.55 bits per heavy atom. The predicted molar refractivity (Wildman–Crippen MR) is 82.1 cm³/mol. The fourth-order valence-electron chi connectivity index (χ4n) is 1.94. The molecule has 0 saturated carbocycles. The molecule has 0 saturated heterocycles. The van der Waals surface area contributed by atoms with Gasteiger partial charge in [0.05, 0.1) is 11.2 Å². The Kier molecular flexibility index (Phi) is 6.40. The van der Waals surface area contributed by atoms with Crippen LogP contribution in [-0.2, 0) is 0 Å². The first-order valence-corrected chi connectivity index (χ1v) is 7.56. The van der Waals surface area contributed by atoms with Crippen LogP contribution < -0.4 is 5.32 Å². The van der Waals surface area contributed by atoms with E-state index in [9.17, 15) is 4.79 Å². The Labute approximate surface area is 126 Å². The molecule has 0 fully saturated rings. The fourth-order valence-corrected chi connectivity index (χ4v) is 2.12. The van der Waals surface area contributed by atoms with Crippen LogP contribution in [0, 0.1) is 5.92 Å². The number of halogens is 1. The summed E-state index contributed by atoms with van der Waals surface area (Å²) in [5.41, 5.74) is 0.265. The molecule has 1 rings (SSSR count).